The van der Waals surface area contributed by atoms with Crippen LogP contribution in [0.25, 0.3) is 44.6 Å². The molecule has 2 aliphatic carbocycles. The molecule has 0 radical (unpaired) electrons. The molecule has 0 saturated heterocycles. The van der Waals surface area contributed by atoms with Gasteiger partial charge in [-0.05, 0) is 77.6 Å². The van der Waals surface area contributed by atoms with Crippen LogP contribution in [0.1, 0.15) is 55.8 Å². The van der Waals surface area contributed by atoms with Crippen molar-refractivity contribution in [2.24, 2.45) is 0 Å². The Bertz CT molecular complexity index is 3390. The number of allylic oxidation sites excluding steroid dienone is 8. The molecule has 64 heavy (non-hydrogen) atoms. The summed E-state index contributed by atoms with van der Waals surface area (Å²) >= 11 is 0. The van der Waals surface area contributed by atoms with Crippen LogP contribution in [-0.2, 0) is 29.8 Å². The van der Waals surface area contributed by atoms with Crippen LogP contribution in [0, 0.1) is 13.8 Å². The Morgan fingerprint density at radius 1 is 0.344 bits per heavy atom. The molecule has 0 bridgehead atoms. The monoisotopic (exact) mass is 877 g/mol. The average molecular weight is 878 g/mol. The number of benzene rings is 6. The Balaban J connectivity index is 1.30. The van der Waals surface area contributed by atoms with E-state index >= 15 is 4.79 Å². The first-order valence-corrected chi connectivity index (χ1v) is 22.9. The quantitative estimate of drug-likeness (QED) is 0.122. The van der Waals surface area contributed by atoms with E-state index in [9.17, 15) is 30.7 Å². The van der Waals surface area contributed by atoms with Gasteiger partial charge in [0.1, 0.15) is 20.2 Å². The second kappa shape index (κ2) is 16.4. The Morgan fingerprint density at radius 3 is 0.984 bits per heavy atom. The molecule has 6 aromatic carbocycles. The summed E-state index contributed by atoms with van der Waals surface area (Å²) in [5, 5.41) is 0. The van der Waals surface area contributed by atoms with Gasteiger partial charge in [-0.3, -0.25) is 14.6 Å². The molecule has 0 aliphatic heterocycles. The van der Waals surface area contributed by atoms with Gasteiger partial charge in [0, 0.05) is 56.3 Å². The minimum Gasteiger partial charge on any atom is -0.744 e. The number of carbonyl (C=O) groups is 2. The number of aryl methyl sites for hydroxylation is 2. The van der Waals surface area contributed by atoms with Crippen LogP contribution >= 0.6 is 0 Å². The molecule has 0 saturated carbocycles. The first-order valence-electron chi connectivity index (χ1n) is 20.1. The van der Waals surface area contributed by atoms with Crippen LogP contribution in [0.15, 0.2) is 186 Å². The maximum atomic E-state index is 15.0. The van der Waals surface area contributed by atoms with E-state index in [0.29, 0.717) is 78.1 Å². The normalized spacial score (nSPS) is 14.6. The van der Waals surface area contributed by atoms with Crippen molar-refractivity contribution in [1.82, 2.24) is 4.98 Å². The molecule has 0 N–H and O–H groups in total. The lowest BCUT2D eigenvalue weighted by Crippen LogP contribution is -2.03. The number of Topliss-reactive ketones (excluding diaryl/α,β-unsaturated/α-hetero) is 2. The zero-order chi connectivity index (χ0) is 44.9. The maximum absolute atomic E-state index is 15.0. The molecule has 9 nitrogen and oxygen atoms in total. The number of hydrogen-bond donors (Lipinski definition) is 0. The van der Waals surface area contributed by atoms with Gasteiger partial charge in [0.05, 0.1) is 15.5 Å². The number of pyridine rings is 1. The molecule has 11 heteroatoms. The fraction of sp³-hybridized carbons (Fsp3) is 0.0377. The molecule has 0 spiro atoms. The zero-order valence-electron chi connectivity index (χ0n) is 34.3. The number of aromatic nitrogens is 1. The van der Waals surface area contributed by atoms with Crippen molar-refractivity contribution in [3.05, 3.63) is 232 Å². The Morgan fingerprint density at radius 2 is 0.641 bits per heavy atom. The molecular formula is C53H35NO8S2-2. The Labute approximate surface area is 370 Å². The van der Waals surface area contributed by atoms with Crippen molar-refractivity contribution in [1.29, 1.82) is 0 Å². The third-order valence-electron chi connectivity index (χ3n) is 11.4. The number of rotatable bonds is 10. The van der Waals surface area contributed by atoms with Gasteiger partial charge in [0.2, 0.25) is 0 Å². The van der Waals surface area contributed by atoms with Gasteiger partial charge in [-0.1, -0.05) is 151 Å². The Kier molecular flexibility index (Phi) is 10.7. The van der Waals surface area contributed by atoms with Gasteiger partial charge >= 0.3 is 0 Å². The highest BCUT2D eigenvalue weighted by Crippen LogP contribution is 2.52. The van der Waals surface area contributed by atoms with Crippen LogP contribution in [0.2, 0.25) is 0 Å². The second-order valence-corrected chi connectivity index (χ2v) is 18.3. The van der Waals surface area contributed by atoms with E-state index in [1.807, 2.05) is 129 Å². The molecular weight excluding hydrogens is 843 g/mol. The number of carbonyl (C=O) groups excluding carboxylic acids is 2. The number of hydrogen-bond acceptors (Lipinski definition) is 9. The predicted octanol–water partition coefficient (Wildman–Crippen LogP) is 9.72. The van der Waals surface area contributed by atoms with E-state index in [1.54, 1.807) is 12.3 Å². The SMILES string of the molecule is Cc1ccc(C2=C(c3ccc(C4=C(c5ccc(S(=O)(=O)[O-])cc5)C(=O)C(c5ccc(C)cc5)=C4c4ccccc4)nc3)C(c3ccccc3)=C(c3ccc(S(=O)(=O)[O-])cc3)C2=O)cc1. The minimum atomic E-state index is -4.77. The smallest absolute Gasteiger partial charge is 0.195 e. The molecule has 7 aromatic rings. The average Bonchev–Trinajstić information content (AvgIpc) is 3.78. The molecule has 2 aliphatic rings. The van der Waals surface area contributed by atoms with Crippen LogP contribution < -0.4 is 0 Å². The van der Waals surface area contributed by atoms with Crippen molar-refractivity contribution in [3.8, 4) is 0 Å². The van der Waals surface area contributed by atoms with Gasteiger partial charge in [0.25, 0.3) is 0 Å². The minimum absolute atomic E-state index is 0.260. The van der Waals surface area contributed by atoms with Crippen LogP contribution in [-0.4, -0.2) is 42.5 Å². The molecule has 1 heterocycles. The van der Waals surface area contributed by atoms with Gasteiger partial charge in [-0.25, -0.2) is 16.8 Å². The van der Waals surface area contributed by atoms with Crippen molar-refractivity contribution in [2.45, 2.75) is 23.6 Å². The fourth-order valence-electron chi connectivity index (χ4n) is 8.34. The summed E-state index contributed by atoms with van der Waals surface area (Å²) in [5.74, 6) is -0.631. The Hall–Kier alpha value is -7.41. The second-order valence-electron chi connectivity index (χ2n) is 15.5. The van der Waals surface area contributed by atoms with Crippen molar-refractivity contribution < 1.29 is 35.5 Å². The van der Waals surface area contributed by atoms with Crippen LogP contribution in [0.5, 0.6) is 0 Å². The molecule has 1 aromatic heterocycles. The van der Waals surface area contributed by atoms with Gasteiger partial charge < -0.3 is 9.11 Å². The zero-order valence-corrected chi connectivity index (χ0v) is 35.9. The van der Waals surface area contributed by atoms with Gasteiger partial charge in [-0.15, -0.1) is 0 Å². The number of nitrogens with zero attached hydrogens (tertiary/aromatic N) is 1. The van der Waals surface area contributed by atoms with Crippen molar-refractivity contribution in [2.75, 3.05) is 0 Å². The topological polar surface area (TPSA) is 161 Å². The van der Waals surface area contributed by atoms with E-state index < -0.39 is 30.0 Å². The maximum Gasteiger partial charge on any atom is 0.195 e. The lowest BCUT2D eigenvalue weighted by atomic mass is 9.88. The predicted molar refractivity (Wildman–Crippen MR) is 246 cm³/mol. The lowest BCUT2D eigenvalue weighted by Gasteiger charge is -2.16. The molecule has 0 fully saturated rings. The summed E-state index contributed by atoms with van der Waals surface area (Å²) in [5.41, 5.74) is 10.1. The van der Waals surface area contributed by atoms with E-state index in [0.717, 1.165) is 16.7 Å². The summed E-state index contributed by atoms with van der Waals surface area (Å²) < 4.78 is 71.6. The summed E-state index contributed by atoms with van der Waals surface area (Å²) in [6, 6.07) is 48.2. The first-order chi connectivity index (χ1) is 30.7. The van der Waals surface area contributed by atoms with Crippen LogP contribution in [0.3, 0.4) is 0 Å². The van der Waals surface area contributed by atoms with Crippen molar-refractivity contribution >= 4 is 76.4 Å². The first kappa shape index (κ1) is 41.9. The standard InChI is InChI=1S/C53H37NO8S2/c1-32-13-17-36(18-14-32)48-45(35-11-7-4-8-12-35)51(50(53(48)56)39-23-28-42(29-24-39)64(60,61)62)43-30-25-40(31-54-43)46-44(34-9-5-3-6-10-34)47(38-21-26-41(27-22-38)63(57,58)59)52(55)49(46)37-19-15-33(2)16-20-37/h3-31H,1-2H3,(H,57,58,59)(H,60,61,62)/p-2. The fourth-order valence-corrected chi connectivity index (χ4v) is 9.28. The molecule has 0 unspecified atom stereocenters. The summed E-state index contributed by atoms with van der Waals surface area (Å²) in [4.78, 5) is 34.2. The highest BCUT2D eigenvalue weighted by atomic mass is 32.2. The largest absolute Gasteiger partial charge is 0.744 e. The van der Waals surface area contributed by atoms with Crippen LogP contribution in [0.4, 0.5) is 0 Å². The highest BCUT2D eigenvalue weighted by molar-refractivity contribution is 7.86. The summed E-state index contributed by atoms with van der Waals surface area (Å²) in [6.07, 6.45) is 1.65. The molecule has 314 valence electrons. The summed E-state index contributed by atoms with van der Waals surface area (Å²) in [6.45, 7) is 3.90. The van der Waals surface area contributed by atoms with Gasteiger partial charge in [0.15, 0.2) is 11.6 Å². The van der Waals surface area contributed by atoms with E-state index in [1.165, 1.54) is 48.5 Å². The molecule has 0 atom stereocenters. The van der Waals surface area contributed by atoms with E-state index in [4.69, 9.17) is 4.98 Å². The molecule has 0 amide bonds. The third-order valence-corrected chi connectivity index (χ3v) is 13.1. The third kappa shape index (κ3) is 7.71. The molecule has 9 rings (SSSR count). The van der Waals surface area contributed by atoms with E-state index in [2.05, 4.69) is 0 Å². The van der Waals surface area contributed by atoms with Crippen molar-refractivity contribution in [3.63, 3.8) is 0 Å². The highest BCUT2D eigenvalue weighted by Gasteiger charge is 2.38. The van der Waals surface area contributed by atoms with E-state index in [-0.39, 0.29) is 17.1 Å². The number of ketones is 2. The lowest BCUT2D eigenvalue weighted by molar-refractivity contribution is -0.109. The van der Waals surface area contributed by atoms with Gasteiger partial charge in [-0.2, -0.15) is 0 Å². The summed E-state index contributed by atoms with van der Waals surface area (Å²) in [7, 11) is -9.53.